The highest BCUT2D eigenvalue weighted by Gasteiger charge is 2.15. The Kier molecular flexibility index (Phi) is 4.47. The highest BCUT2D eigenvalue weighted by molar-refractivity contribution is 14.1. The SMILES string of the molecule is O=C(NCc1ccccc1)c1nc(Cn2cc(I)cn2)no1. The predicted molar refractivity (Wildman–Crippen MR) is 86.0 cm³/mol. The summed E-state index contributed by atoms with van der Waals surface area (Å²) in [5, 5.41) is 10.7. The number of rotatable bonds is 5. The topological polar surface area (TPSA) is 85.8 Å². The van der Waals surface area contributed by atoms with E-state index in [0.29, 0.717) is 18.9 Å². The molecule has 0 fully saturated rings. The maximum absolute atomic E-state index is 12.0. The van der Waals surface area contributed by atoms with Crippen LogP contribution in [0.25, 0.3) is 0 Å². The molecular formula is C14H12IN5O2. The van der Waals surface area contributed by atoms with Gasteiger partial charge in [0.15, 0.2) is 5.82 Å². The van der Waals surface area contributed by atoms with Crippen molar-refractivity contribution in [2.24, 2.45) is 0 Å². The summed E-state index contributed by atoms with van der Waals surface area (Å²) in [6.07, 6.45) is 3.58. The molecule has 2 heterocycles. The Morgan fingerprint density at radius 2 is 2.14 bits per heavy atom. The smallest absolute Gasteiger partial charge is 0.316 e. The van der Waals surface area contributed by atoms with E-state index < -0.39 is 5.91 Å². The maximum atomic E-state index is 12.0. The van der Waals surface area contributed by atoms with E-state index in [0.717, 1.165) is 9.13 Å². The number of aromatic nitrogens is 4. The van der Waals surface area contributed by atoms with Crippen LogP contribution < -0.4 is 5.32 Å². The molecule has 7 nitrogen and oxygen atoms in total. The Bertz CT molecular complexity index is 768. The van der Waals surface area contributed by atoms with Gasteiger partial charge in [-0.2, -0.15) is 10.1 Å². The largest absolute Gasteiger partial charge is 0.344 e. The molecule has 0 saturated heterocycles. The van der Waals surface area contributed by atoms with Crippen molar-refractivity contribution in [3.63, 3.8) is 0 Å². The Balaban J connectivity index is 1.59. The van der Waals surface area contributed by atoms with Gasteiger partial charge in [-0.3, -0.25) is 9.48 Å². The zero-order valence-electron chi connectivity index (χ0n) is 11.4. The number of amides is 1. The highest BCUT2D eigenvalue weighted by atomic mass is 127. The van der Waals surface area contributed by atoms with Crippen molar-refractivity contribution in [1.82, 2.24) is 25.2 Å². The molecule has 0 atom stereocenters. The molecule has 0 aliphatic carbocycles. The van der Waals surface area contributed by atoms with E-state index in [1.165, 1.54) is 0 Å². The Labute approximate surface area is 139 Å². The van der Waals surface area contributed by atoms with Crippen LogP contribution in [0.3, 0.4) is 0 Å². The number of carbonyl (C=O) groups excluding carboxylic acids is 1. The van der Waals surface area contributed by atoms with Crippen LogP contribution in [0.5, 0.6) is 0 Å². The highest BCUT2D eigenvalue weighted by Crippen LogP contribution is 2.05. The summed E-state index contributed by atoms with van der Waals surface area (Å²) in [5.41, 5.74) is 1.00. The molecule has 8 heteroatoms. The third kappa shape index (κ3) is 3.70. The van der Waals surface area contributed by atoms with Crippen LogP contribution in [0.15, 0.2) is 47.2 Å². The van der Waals surface area contributed by atoms with Crippen molar-refractivity contribution in [2.75, 3.05) is 0 Å². The van der Waals surface area contributed by atoms with E-state index >= 15 is 0 Å². The lowest BCUT2D eigenvalue weighted by atomic mass is 10.2. The number of hydrogen-bond acceptors (Lipinski definition) is 5. The third-order valence-electron chi connectivity index (χ3n) is 2.86. The molecule has 0 aliphatic rings. The minimum atomic E-state index is -0.391. The lowest BCUT2D eigenvalue weighted by molar-refractivity contribution is 0.0907. The monoisotopic (exact) mass is 409 g/mol. The molecule has 1 aromatic carbocycles. The fourth-order valence-corrected chi connectivity index (χ4v) is 2.28. The maximum Gasteiger partial charge on any atom is 0.316 e. The van der Waals surface area contributed by atoms with Gasteiger partial charge in [-0.15, -0.1) is 0 Å². The lowest BCUT2D eigenvalue weighted by Crippen LogP contribution is -2.23. The Morgan fingerprint density at radius 3 is 2.86 bits per heavy atom. The van der Waals surface area contributed by atoms with Crippen molar-refractivity contribution in [3.05, 3.63) is 63.6 Å². The molecule has 0 unspecified atom stereocenters. The number of nitrogens with zero attached hydrogens (tertiary/aromatic N) is 4. The van der Waals surface area contributed by atoms with E-state index in [1.807, 2.05) is 36.5 Å². The number of hydrogen-bond donors (Lipinski definition) is 1. The van der Waals surface area contributed by atoms with Crippen LogP contribution in [-0.2, 0) is 13.1 Å². The molecule has 0 spiro atoms. The molecule has 1 amide bonds. The van der Waals surface area contributed by atoms with Crippen molar-refractivity contribution in [3.8, 4) is 0 Å². The summed E-state index contributed by atoms with van der Waals surface area (Å²) in [7, 11) is 0. The van der Waals surface area contributed by atoms with Gasteiger partial charge < -0.3 is 9.84 Å². The molecule has 3 rings (SSSR count). The summed E-state index contributed by atoms with van der Waals surface area (Å²) < 4.78 is 7.67. The van der Waals surface area contributed by atoms with Crippen LogP contribution >= 0.6 is 22.6 Å². The van der Waals surface area contributed by atoms with Crippen LogP contribution in [0.1, 0.15) is 22.1 Å². The predicted octanol–water partition coefficient (Wildman–Crippen LogP) is 1.85. The van der Waals surface area contributed by atoms with Crippen molar-refractivity contribution in [2.45, 2.75) is 13.1 Å². The Morgan fingerprint density at radius 1 is 1.32 bits per heavy atom. The third-order valence-corrected chi connectivity index (χ3v) is 3.42. The summed E-state index contributed by atoms with van der Waals surface area (Å²) in [4.78, 5) is 16.0. The summed E-state index contributed by atoms with van der Waals surface area (Å²) >= 11 is 2.16. The minimum absolute atomic E-state index is 0.0483. The fraction of sp³-hybridized carbons (Fsp3) is 0.143. The number of halogens is 1. The average molecular weight is 409 g/mol. The molecule has 112 valence electrons. The summed E-state index contributed by atoms with van der Waals surface area (Å²) in [6, 6.07) is 9.61. The molecular weight excluding hydrogens is 397 g/mol. The number of nitrogens with one attached hydrogen (secondary N) is 1. The molecule has 2 aromatic heterocycles. The van der Waals surface area contributed by atoms with E-state index in [4.69, 9.17) is 4.52 Å². The van der Waals surface area contributed by atoms with Gasteiger partial charge in [0, 0.05) is 12.7 Å². The minimum Gasteiger partial charge on any atom is -0.344 e. The molecule has 0 aliphatic heterocycles. The van der Waals surface area contributed by atoms with Crippen LogP contribution in [0.4, 0.5) is 0 Å². The van der Waals surface area contributed by atoms with Gasteiger partial charge in [0.2, 0.25) is 0 Å². The standard InChI is InChI=1S/C14H12IN5O2/c15-11-7-17-20(8-11)9-12-18-14(22-19-12)13(21)16-6-10-4-2-1-3-5-10/h1-5,7-8H,6,9H2,(H,16,21). The van der Waals surface area contributed by atoms with Crippen molar-refractivity contribution >= 4 is 28.5 Å². The molecule has 22 heavy (non-hydrogen) atoms. The zero-order valence-corrected chi connectivity index (χ0v) is 13.6. The van der Waals surface area contributed by atoms with Gasteiger partial charge in [0.1, 0.15) is 6.54 Å². The Hall–Kier alpha value is -2.23. The summed E-state index contributed by atoms with van der Waals surface area (Å²) in [6.45, 7) is 0.771. The molecule has 0 saturated carbocycles. The van der Waals surface area contributed by atoms with E-state index in [-0.39, 0.29) is 5.89 Å². The first-order valence-corrected chi connectivity index (χ1v) is 7.61. The van der Waals surface area contributed by atoms with E-state index in [2.05, 4.69) is 43.1 Å². The lowest BCUT2D eigenvalue weighted by Gasteiger charge is -2.01. The zero-order chi connectivity index (χ0) is 15.4. The molecule has 0 bridgehead atoms. The van der Waals surface area contributed by atoms with Crippen LogP contribution in [0.2, 0.25) is 0 Å². The van der Waals surface area contributed by atoms with Gasteiger partial charge in [-0.25, -0.2) is 0 Å². The fourth-order valence-electron chi connectivity index (χ4n) is 1.83. The number of carbonyl (C=O) groups is 1. The van der Waals surface area contributed by atoms with E-state index in [9.17, 15) is 4.79 Å². The quantitative estimate of drug-likeness (QED) is 0.651. The molecule has 3 aromatic rings. The second-order valence-electron chi connectivity index (χ2n) is 4.54. The summed E-state index contributed by atoms with van der Waals surface area (Å²) in [5.74, 6) is -0.0326. The first kappa shape index (κ1) is 14.7. The van der Waals surface area contributed by atoms with Crippen molar-refractivity contribution < 1.29 is 9.32 Å². The first-order valence-electron chi connectivity index (χ1n) is 6.53. The van der Waals surface area contributed by atoms with Crippen LogP contribution in [-0.4, -0.2) is 25.8 Å². The van der Waals surface area contributed by atoms with Gasteiger partial charge in [-0.05, 0) is 28.2 Å². The first-order chi connectivity index (χ1) is 10.7. The molecule has 1 N–H and O–H groups in total. The molecule has 0 radical (unpaired) electrons. The van der Waals surface area contributed by atoms with E-state index in [1.54, 1.807) is 10.9 Å². The number of benzene rings is 1. The normalized spacial score (nSPS) is 10.6. The average Bonchev–Trinajstić information content (AvgIpc) is 3.16. The van der Waals surface area contributed by atoms with Gasteiger partial charge >= 0.3 is 11.8 Å². The second-order valence-corrected chi connectivity index (χ2v) is 5.79. The van der Waals surface area contributed by atoms with Gasteiger partial charge in [0.25, 0.3) is 0 Å². The second kappa shape index (κ2) is 6.69. The van der Waals surface area contributed by atoms with Gasteiger partial charge in [0.05, 0.1) is 9.77 Å². The van der Waals surface area contributed by atoms with Gasteiger partial charge in [-0.1, -0.05) is 35.5 Å². The van der Waals surface area contributed by atoms with Crippen molar-refractivity contribution in [1.29, 1.82) is 0 Å². The van der Waals surface area contributed by atoms with Crippen LogP contribution in [0, 0.1) is 3.57 Å².